The lowest BCUT2D eigenvalue weighted by atomic mass is 10.0. The molecule has 0 saturated carbocycles. The molecule has 0 saturated heterocycles. The van der Waals surface area contributed by atoms with Crippen molar-refractivity contribution in [3.05, 3.63) is 113 Å². The first-order valence-corrected chi connectivity index (χ1v) is 15.4. The first-order valence-electron chi connectivity index (χ1n) is 13.3. The second-order valence-electron chi connectivity index (χ2n) is 11.4. The molecule has 182 valence electrons. The largest absolute Gasteiger partial charge is 0.159 e. The van der Waals surface area contributed by atoms with Crippen molar-refractivity contribution in [3.8, 4) is 0 Å². The van der Waals surface area contributed by atoms with Gasteiger partial charge in [0.05, 0.1) is 0 Å². The maximum absolute atomic E-state index is 2.56. The Balaban J connectivity index is 2.16. The Morgan fingerprint density at radius 3 is 1.23 bits per heavy atom. The zero-order valence-corrected chi connectivity index (χ0v) is 23.9. The fourth-order valence-electron chi connectivity index (χ4n) is 5.83. The highest BCUT2D eigenvalue weighted by molar-refractivity contribution is 7.13. The van der Waals surface area contributed by atoms with Crippen LogP contribution in [0.4, 0.5) is 0 Å². The maximum Gasteiger partial charge on any atom is 0.159 e. The minimum atomic E-state index is -2.47. The van der Waals surface area contributed by atoms with Gasteiger partial charge in [-0.25, -0.2) is 0 Å². The molecule has 1 aliphatic rings. The first-order chi connectivity index (χ1) is 16.6. The van der Waals surface area contributed by atoms with Crippen molar-refractivity contribution >= 4 is 23.6 Å². The highest BCUT2D eigenvalue weighted by Crippen LogP contribution is 2.38. The third-order valence-electron chi connectivity index (χ3n) is 7.87. The van der Waals surface area contributed by atoms with Crippen LogP contribution in [0.15, 0.2) is 96.1 Å². The van der Waals surface area contributed by atoms with Gasteiger partial charge in [0.2, 0.25) is 0 Å². The van der Waals surface area contributed by atoms with Gasteiger partial charge in [-0.15, -0.1) is 0 Å². The van der Waals surface area contributed by atoms with E-state index >= 15 is 0 Å². The number of hydrogen-bond acceptors (Lipinski definition) is 0. The third kappa shape index (κ3) is 4.76. The van der Waals surface area contributed by atoms with E-state index < -0.39 is 8.07 Å². The van der Waals surface area contributed by atoms with E-state index in [0.29, 0.717) is 23.3 Å². The van der Waals surface area contributed by atoms with E-state index in [1.807, 2.05) is 0 Å². The summed E-state index contributed by atoms with van der Waals surface area (Å²) in [6.07, 6.45) is 4.98. The summed E-state index contributed by atoms with van der Waals surface area (Å²) >= 11 is 0. The highest BCUT2D eigenvalue weighted by Gasteiger charge is 2.47. The van der Waals surface area contributed by atoms with Crippen LogP contribution < -0.4 is 15.6 Å². The van der Waals surface area contributed by atoms with Crippen molar-refractivity contribution in [3.63, 3.8) is 0 Å². The summed E-state index contributed by atoms with van der Waals surface area (Å²) in [5.41, 5.74) is 7.58. The number of hydrogen-bond donors (Lipinski definition) is 0. The highest BCUT2D eigenvalue weighted by atomic mass is 28.3. The second-order valence-corrected chi connectivity index (χ2v) is 15.4. The average molecular weight is 479 g/mol. The van der Waals surface area contributed by atoms with Gasteiger partial charge in [0.25, 0.3) is 0 Å². The Morgan fingerprint density at radius 2 is 0.943 bits per heavy atom. The molecule has 4 rings (SSSR count). The topological polar surface area (TPSA) is 0 Å². The lowest BCUT2D eigenvalue weighted by molar-refractivity contribution is 0.866. The molecule has 1 atom stereocenters. The number of benzene rings is 3. The number of allylic oxidation sites excluding steroid dienone is 4. The quantitative estimate of drug-likeness (QED) is 0.240. The van der Waals surface area contributed by atoms with Crippen LogP contribution in [-0.2, 0) is 0 Å². The summed E-state index contributed by atoms with van der Waals surface area (Å²) in [5, 5.41) is 4.57. The molecule has 0 heterocycles. The lowest BCUT2D eigenvalue weighted by Crippen LogP contribution is -2.69. The zero-order valence-electron chi connectivity index (χ0n) is 22.9. The van der Waals surface area contributed by atoms with E-state index in [1.54, 1.807) is 0 Å². The molecule has 0 amide bonds. The van der Waals surface area contributed by atoms with Crippen LogP contribution in [-0.4, -0.2) is 8.07 Å². The molecular formula is C34H42Si. The van der Waals surface area contributed by atoms with E-state index in [0.717, 1.165) is 0 Å². The normalized spacial score (nSPS) is 16.3. The van der Waals surface area contributed by atoms with E-state index in [9.17, 15) is 0 Å². The summed E-state index contributed by atoms with van der Waals surface area (Å²) < 4.78 is 0. The predicted molar refractivity (Wildman–Crippen MR) is 158 cm³/mol. The molecule has 0 spiro atoms. The zero-order chi connectivity index (χ0) is 25.3. The molecule has 35 heavy (non-hydrogen) atoms. The average Bonchev–Trinajstić information content (AvgIpc) is 3.18. The minimum Gasteiger partial charge on any atom is -0.0761 e. The monoisotopic (exact) mass is 478 g/mol. The molecular weight excluding hydrogens is 436 g/mol. The Kier molecular flexibility index (Phi) is 7.38. The summed E-state index contributed by atoms with van der Waals surface area (Å²) in [6.45, 7) is 18.5. The van der Waals surface area contributed by atoms with Gasteiger partial charge >= 0.3 is 0 Å². The van der Waals surface area contributed by atoms with Gasteiger partial charge < -0.3 is 0 Å². The van der Waals surface area contributed by atoms with Crippen LogP contribution in [0.2, 0.25) is 5.54 Å². The standard InChI is InChI=1S/C34H42Si/c1-23(2)28-12-9-15-31(20-28)35(34-19-26(7)18-27(34)8,32-16-10-13-29(21-32)24(3)4)33-17-11-14-30(22-33)25(5)6/h9-25,34H,1-8H3. The van der Waals surface area contributed by atoms with Crippen LogP contribution in [0.3, 0.4) is 0 Å². The first kappa shape index (κ1) is 25.4. The van der Waals surface area contributed by atoms with Crippen LogP contribution in [0.5, 0.6) is 0 Å². The third-order valence-corrected chi connectivity index (χ3v) is 13.1. The second kappa shape index (κ2) is 10.2. The van der Waals surface area contributed by atoms with Gasteiger partial charge in [-0.05, 0) is 63.9 Å². The Morgan fingerprint density at radius 1 is 0.571 bits per heavy atom. The predicted octanol–water partition coefficient (Wildman–Crippen LogP) is 7.80. The van der Waals surface area contributed by atoms with E-state index in [1.165, 1.54) is 43.4 Å². The van der Waals surface area contributed by atoms with Crippen molar-refractivity contribution in [2.45, 2.75) is 78.7 Å². The van der Waals surface area contributed by atoms with Crippen LogP contribution >= 0.6 is 0 Å². The summed E-state index contributed by atoms with van der Waals surface area (Å²) in [5.74, 6) is 1.51. The van der Waals surface area contributed by atoms with Crippen molar-refractivity contribution in [1.29, 1.82) is 0 Å². The molecule has 1 heteroatoms. The van der Waals surface area contributed by atoms with Crippen molar-refractivity contribution in [2.24, 2.45) is 0 Å². The maximum atomic E-state index is 2.56. The van der Waals surface area contributed by atoms with Crippen LogP contribution in [0.25, 0.3) is 0 Å². The summed E-state index contributed by atoms with van der Waals surface area (Å²) in [6, 6.07) is 28.7. The molecule has 0 N–H and O–H groups in total. The van der Waals surface area contributed by atoms with Crippen molar-refractivity contribution in [2.75, 3.05) is 0 Å². The molecule has 0 fully saturated rings. The molecule has 1 unspecified atom stereocenters. The fraction of sp³-hybridized carbons (Fsp3) is 0.353. The molecule has 0 radical (unpaired) electrons. The van der Waals surface area contributed by atoms with Crippen LogP contribution in [0.1, 0.15) is 89.8 Å². The Bertz CT molecular complexity index is 1130. The lowest BCUT2D eigenvalue weighted by Gasteiger charge is -2.40. The molecule has 0 aliphatic heterocycles. The van der Waals surface area contributed by atoms with E-state index in [2.05, 4.69) is 140 Å². The van der Waals surface area contributed by atoms with Gasteiger partial charge in [0, 0.05) is 5.54 Å². The van der Waals surface area contributed by atoms with Gasteiger partial charge in [0.1, 0.15) is 0 Å². The summed E-state index contributed by atoms with van der Waals surface area (Å²) in [4.78, 5) is 0. The van der Waals surface area contributed by atoms with Gasteiger partial charge in [-0.2, -0.15) is 0 Å². The summed E-state index contributed by atoms with van der Waals surface area (Å²) in [7, 11) is -2.47. The molecule has 3 aromatic carbocycles. The van der Waals surface area contributed by atoms with Crippen molar-refractivity contribution in [1.82, 2.24) is 0 Å². The smallest absolute Gasteiger partial charge is 0.0761 e. The molecule has 0 bridgehead atoms. The molecule has 0 aromatic heterocycles. The number of rotatable bonds is 7. The van der Waals surface area contributed by atoms with Gasteiger partial charge in [0.15, 0.2) is 8.07 Å². The minimum absolute atomic E-state index is 0.398. The van der Waals surface area contributed by atoms with Gasteiger partial charge in [-0.1, -0.05) is 138 Å². The molecule has 0 nitrogen and oxygen atoms in total. The molecule has 1 aliphatic carbocycles. The fourth-order valence-corrected chi connectivity index (χ4v) is 11.4. The van der Waals surface area contributed by atoms with E-state index in [4.69, 9.17) is 0 Å². The molecule has 3 aromatic rings. The SMILES string of the molecule is CC1=CC([Si](c2cccc(C(C)C)c2)(c2cccc(C(C)C)c2)c2cccc(C(C)C)c2)C(C)=C1. The van der Waals surface area contributed by atoms with Crippen molar-refractivity contribution < 1.29 is 0 Å². The van der Waals surface area contributed by atoms with Crippen LogP contribution in [0, 0.1) is 0 Å². The Labute approximate surface area is 214 Å². The Hall–Kier alpha value is -2.64. The van der Waals surface area contributed by atoms with E-state index in [-0.39, 0.29) is 0 Å². The van der Waals surface area contributed by atoms with Gasteiger partial charge in [-0.3, -0.25) is 0 Å².